The minimum absolute atomic E-state index is 0.123. The molecule has 2 fully saturated rings. The first-order valence-electron chi connectivity index (χ1n) is 31.5. The number of aryl methyl sites for hydroxylation is 3. The summed E-state index contributed by atoms with van der Waals surface area (Å²) in [6, 6.07) is 43.9. The largest absolute Gasteiger partial charge is 0.495 e. The number of nitro benzene ring substituents is 1. The van der Waals surface area contributed by atoms with Crippen molar-refractivity contribution in [3.63, 3.8) is 0 Å². The zero-order chi connectivity index (χ0) is 64.8. The second-order valence-electron chi connectivity index (χ2n) is 24.0. The number of methoxy groups -OCH3 is 1. The van der Waals surface area contributed by atoms with Gasteiger partial charge in [0.2, 0.25) is 6.79 Å². The van der Waals surface area contributed by atoms with Crippen molar-refractivity contribution < 1.29 is 37.9 Å². The Morgan fingerprint density at radius 2 is 1.54 bits per heavy atom. The molecule has 5 heterocycles. The van der Waals surface area contributed by atoms with Gasteiger partial charge in [0.1, 0.15) is 23.4 Å². The Morgan fingerprint density at radius 1 is 0.796 bits per heavy atom. The van der Waals surface area contributed by atoms with Gasteiger partial charge in [0.25, 0.3) is 5.69 Å². The van der Waals surface area contributed by atoms with Crippen molar-refractivity contribution in [3.05, 3.63) is 234 Å². The van der Waals surface area contributed by atoms with Crippen molar-refractivity contribution in [2.24, 2.45) is 5.92 Å². The molecular weight excluding hydrogens is 1190 g/mol. The number of ketones is 2. The molecule has 3 aliphatic heterocycles. The quantitative estimate of drug-likeness (QED) is 0.0367. The highest BCUT2D eigenvalue weighted by Crippen LogP contribution is 2.36. The number of carbonyl (C=O) groups is 3. The average Bonchev–Trinajstić information content (AvgIpc) is 1.99. The summed E-state index contributed by atoms with van der Waals surface area (Å²) in [5.41, 5.74) is 11.6. The molecule has 19 nitrogen and oxygen atoms in total. The van der Waals surface area contributed by atoms with E-state index in [9.17, 15) is 29.3 Å². The molecular formula is C73H75N9O10S. The first kappa shape index (κ1) is 64.6. The third-order valence-electron chi connectivity index (χ3n) is 17.6. The summed E-state index contributed by atoms with van der Waals surface area (Å²) in [7, 11) is 1.39. The van der Waals surface area contributed by atoms with E-state index in [-0.39, 0.29) is 35.1 Å². The smallest absolute Gasteiger partial charge is 0.417 e. The summed E-state index contributed by atoms with van der Waals surface area (Å²) < 4.78 is 27.1. The number of piperazine rings is 1. The lowest BCUT2D eigenvalue weighted by atomic mass is 9.90. The van der Waals surface area contributed by atoms with E-state index in [1.54, 1.807) is 47.9 Å². The molecule has 0 bridgehead atoms. The molecule has 478 valence electrons. The Morgan fingerprint density at radius 3 is 2.32 bits per heavy atom. The van der Waals surface area contributed by atoms with E-state index in [0.717, 1.165) is 142 Å². The zero-order valence-corrected chi connectivity index (χ0v) is 53.3. The van der Waals surface area contributed by atoms with Crippen molar-refractivity contribution >= 4 is 73.2 Å². The van der Waals surface area contributed by atoms with E-state index in [1.807, 2.05) is 56.3 Å². The maximum absolute atomic E-state index is 13.2. The second kappa shape index (κ2) is 30.5. The molecule has 0 unspecified atom stereocenters. The number of anilines is 2. The number of rotatable bonds is 20. The second-order valence-corrected chi connectivity index (χ2v) is 24.8. The fourth-order valence-electron chi connectivity index (χ4n) is 12.3. The van der Waals surface area contributed by atoms with Crippen LogP contribution in [0.2, 0.25) is 0 Å². The zero-order valence-electron chi connectivity index (χ0n) is 52.5. The standard InChI is InChI=1S/C25H25N3O5.C24H24N4S.C24H26N2O5/c1-16-9-10-18(13-17(16)2)14-22(29)24(19-7-5-4-6-8-19)27-25(30)26-21-15-20(28(31)32)11-12-23(21)33-3;1-25-22-11-10-19-9-8-18(17-21(19)22)5-4-12-27-13-15-28(16-14-27)24-20-6-2-3-7-23(20)29-26-24;27-19(12-18-1-3-20-22(13-18)31-24(28)25-20)7-10-26-8-5-16(6-9-26)11-17-2-4-21-23(14-17)30-15-29-21/h4-13,15,24H,14H2,1-3H3,(H2,26,27,30);2-3,6-9,11,17H,4-5,10,12-16H2;1-4,13-14,16H,5-12,15H2,(H,25,28)/t24-;;/m1../s1. The Kier molecular flexibility index (Phi) is 21.1. The monoisotopic (exact) mass is 1270 g/mol. The summed E-state index contributed by atoms with van der Waals surface area (Å²) in [5.74, 6) is 3.31. The Balaban J connectivity index is 0.000000143. The topological polar surface area (TPSA) is 219 Å². The van der Waals surface area contributed by atoms with Crippen LogP contribution >= 0.6 is 11.5 Å². The average molecular weight is 1270 g/mol. The number of oxazole rings is 1. The number of nitrogens with zero attached hydrogens (tertiary/aromatic N) is 6. The van der Waals surface area contributed by atoms with Crippen LogP contribution in [0.25, 0.3) is 31.7 Å². The fourth-order valence-corrected chi connectivity index (χ4v) is 13.1. The number of aromatic amines is 1. The number of Topliss-reactive ketones (excluding diaryl/α,β-unsaturated/α-hetero) is 2. The number of non-ortho nitro benzene ring substituents is 1. The van der Waals surface area contributed by atoms with E-state index < -0.39 is 22.8 Å². The summed E-state index contributed by atoms with van der Waals surface area (Å²) in [6.07, 6.45) is 9.59. The molecule has 13 rings (SSSR count). The number of hydrogen-bond donors (Lipinski definition) is 3. The number of aromatic nitrogens is 2. The molecule has 9 aromatic rings. The highest BCUT2D eigenvalue weighted by molar-refractivity contribution is 7.13. The number of likely N-dealkylation sites (tertiary alicyclic amines) is 1. The highest BCUT2D eigenvalue weighted by Gasteiger charge is 2.26. The van der Waals surface area contributed by atoms with Crippen molar-refractivity contribution in [3.8, 4) is 17.2 Å². The molecule has 20 heteroatoms. The van der Waals surface area contributed by atoms with Crippen molar-refractivity contribution in [2.75, 3.05) is 76.5 Å². The SMILES string of the molecule is COc1ccc([N+](=O)[O-])cc1NC(=O)N[C@@H](C(=O)Cc1ccc(C)c(C)c1)c1ccccc1.O=C(CCN1CCC(Cc2ccc3c(c2)OCO3)CC1)Cc1ccc2[nH]c(=O)oc2c1.[C-]#[N+]C1=CCc2ccc(CCCN3CCN(c4nsc5ccccc45)CC3)cc21. The number of hydrogen-bond acceptors (Lipinski definition) is 15. The van der Waals surface area contributed by atoms with Crippen LogP contribution in [0.4, 0.5) is 22.0 Å². The number of fused-ring (bicyclic) bond motifs is 4. The fraction of sp³-hybridized carbons (Fsp3) is 0.315. The van der Waals surface area contributed by atoms with Gasteiger partial charge in [0.05, 0.1) is 34.5 Å². The van der Waals surface area contributed by atoms with Gasteiger partial charge in [-0.1, -0.05) is 97.1 Å². The summed E-state index contributed by atoms with van der Waals surface area (Å²) in [5, 5.41) is 17.7. The van der Waals surface area contributed by atoms with Gasteiger partial charge in [-0.05, 0) is 182 Å². The van der Waals surface area contributed by atoms with Gasteiger partial charge in [-0.25, -0.2) is 14.4 Å². The highest BCUT2D eigenvalue weighted by atomic mass is 32.1. The van der Waals surface area contributed by atoms with Gasteiger partial charge < -0.3 is 39.1 Å². The number of urea groups is 1. The molecule has 2 saturated heterocycles. The molecule has 0 spiro atoms. The van der Waals surface area contributed by atoms with Crippen LogP contribution < -0.4 is 35.5 Å². The Hall–Kier alpha value is -9.94. The van der Waals surface area contributed by atoms with Crippen molar-refractivity contribution in [1.29, 1.82) is 0 Å². The van der Waals surface area contributed by atoms with Crippen LogP contribution in [-0.4, -0.2) is 108 Å². The number of nitro groups is 1. The van der Waals surface area contributed by atoms with Crippen LogP contribution in [0.5, 0.6) is 17.2 Å². The van der Waals surface area contributed by atoms with E-state index in [4.69, 9.17) is 29.6 Å². The Labute approximate surface area is 544 Å². The molecule has 0 radical (unpaired) electrons. The number of H-pyrrole nitrogens is 1. The molecule has 2 aromatic heterocycles. The molecule has 1 atom stereocenters. The van der Waals surface area contributed by atoms with E-state index in [1.165, 1.54) is 52.1 Å². The lowest BCUT2D eigenvalue weighted by Gasteiger charge is -2.35. The van der Waals surface area contributed by atoms with Gasteiger partial charge in [0, 0.05) is 69.5 Å². The van der Waals surface area contributed by atoms with Gasteiger partial charge in [-0.15, -0.1) is 0 Å². The van der Waals surface area contributed by atoms with Crippen molar-refractivity contribution in [2.45, 2.75) is 77.7 Å². The number of piperidine rings is 1. The van der Waals surface area contributed by atoms with E-state index in [0.29, 0.717) is 42.2 Å². The van der Waals surface area contributed by atoms with Crippen LogP contribution in [-0.2, 0) is 41.7 Å². The molecule has 1 aliphatic carbocycles. The summed E-state index contributed by atoms with van der Waals surface area (Å²) in [6.45, 7) is 19.9. The van der Waals surface area contributed by atoms with Crippen LogP contribution in [0.15, 0.2) is 161 Å². The number of benzene rings is 7. The first-order chi connectivity index (χ1) is 45.2. The minimum atomic E-state index is -0.905. The minimum Gasteiger partial charge on any atom is -0.495 e. The maximum atomic E-state index is 13.2. The van der Waals surface area contributed by atoms with Crippen LogP contribution in [0, 0.1) is 36.5 Å². The third-order valence-corrected chi connectivity index (χ3v) is 18.5. The first-order valence-corrected chi connectivity index (χ1v) is 32.3. The molecule has 93 heavy (non-hydrogen) atoms. The lowest BCUT2D eigenvalue weighted by Crippen LogP contribution is -2.46. The molecule has 7 aromatic carbocycles. The molecule has 3 N–H and O–H groups in total. The molecule has 0 saturated carbocycles. The van der Waals surface area contributed by atoms with Gasteiger partial charge in [-0.2, -0.15) is 4.37 Å². The Bertz CT molecular complexity index is 4290. The maximum Gasteiger partial charge on any atom is 0.417 e. The van der Waals surface area contributed by atoms with Crippen LogP contribution in [0.3, 0.4) is 0 Å². The summed E-state index contributed by atoms with van der Waals surface area (Å²) >= 11 is 1.60. The number of carbonyl (C=O) groups excluding carboxylic acids is 3. The van der Waals surface area contributed by atoms with Gasteiger partial charge >= 0.3 is 11.8 Å². The molecule has 4 aliphatic rings. The molecule has 2 amide bonds. The van der Waals surface area contributed by atoms with Crippen LogP contribution in [0.1, 0.15) is 81.8 Å². The van der Waals surface area contributed by atoms with Crippen molar-refractivity contribution in [1.82, 2.24) is 24.5 Å². The number of nitrogens with one attached hydrogen (secondary N) is 3. The van der Waals surface area contributed by atoms with Gasteiger partial charge in [0.15, 0.2) is 28.6 Å². The van der Waals surface area contributed by atoms with Gasteiger partial charge in [-0.3, -0.25) is 29.6 Å². The predicted molar refractivity (Wildman–Crippen MR) is 363 cm³/mol. The summed E-state index contributed by atoms with van der Waals surface area (Å²) in [4.78, 5) is 73.9. The number of allylic oxidation sites excluding steroid dienone is 1. The third kappa shape index (κ3) is 16.8. The normalized spacial score (nSPS) is 14.8. The van der Waals surface area contributed by atoms with E-state index in [2.05, 4.69) is 89.8 Å². The number of ether oxygens (including phenoxy) is 3. The predicted octanol–water partition coefficient (Wildman–Crippen LogP) is 13.1. The van der Waals surface area contributed by atoms with E-state index >= 15 is 0 Å². The lowest BCUT2D eigenvalue weighted by molar-refractivity contribution is -0.384. The number of amides is 2.